The molecule has 0 unspecified atom stereocenters. The number of benzene rings is 1. The predicted molar refractivity (Wildman–Crippen MR) is 84.7 cm³/mol. The second-order valence-corrected chi connectivity index (χ2v) is 5.34. The molecule has 0 fully saturated rings. The van der Waals surface area contributed by atoms with Crippen LogP contribution in [-0.2, 0) is 4.74 Å². The highest BCUT2D eigenvalue weighted by atomic mass is 16.5. The molecule has 0 saturated heterocycles. The van der Waals surface area contributed by atoms with Gasteiger partial charge in [-0.1, -0.05) is 26.0 Å². The molecule has 20 heavy (non-hydrogen) atoms. The molecule has 0 spiro atoms. The monoisotopic (exact) mass is 279 g/mol. The van der Waals surface area contributed by atoms with Crippen molar-refractivity contribution in [2.24, 2.45) is 0 Å². The van der Waals surface area contributed by atoms with Gasteiger partial charge in [-0.25, -0.2) is 0 Å². The van der Waals surface area contributed by atoms with Crippen molar-refractivity contribution in [1.82, 2.24) is 5.32 Å². The molecule has 0 atom stereocenters. The summed E-state index contributed by atoms with van der Waals surface area (Å²) in [5, 5.41) is 3.37. The van der Waals surface area contributed by atoms with Crippen LogP contribution in [0.5, 0.6) is 5.75 Å². The Labute approximate surface area is 123 Å². The van der Waals surface area contributed by atoms with Gasteiger partial charge in [0.1, 0.15) is 12.4 Å². The van der Waals surface area contributed by atoms with Gasteiger partial charge in [-0.15, -0.1) is 0 Å². The van der Waals surface area contributed by atoms with E-state index in [0.29, 0.717) is 12.5 Å². The van der Waals surface area contributed by atoms with Crippen molar-refractivity contribution in [2.45, 2.75) is 40.0 Å². The maximum absolute atomic E-state index is 5.91. The molecule has 1 N–H and O–H groups in total. The smallest absolute Gasteiger partial charge is 0.123 e. The Morgan fingerprint density at radius 3 is 2.65 bits per heavy atom. The fourth-order valence-electron chi connectivity index (χ4n) is 2.05. The van der Waals surface area contributed by atoms with Gasteiger partial charge in [-0.05, 0) is 49.9 Å². The SMILES string of the molecule is CCOCCCNCCOc1cc(C)ccc1C(C)C. The van der Waals surface area contributed by atoms with Crippen molar-refractivity contribution in [2.75, 3.05) is 32.9 Å². The zero-order valence-electron chi connectivity index (χ0n) is 13.4. The quantitative estimate of drug-likeness (QED) is 0.665. The maximum atomic E-state index is 5.91. The van der Waals surface area contributed by atoms with Crippen molar-refractivity contribution in [3.63, 3.8) is 0 Å². The molecule has 1 aromatic rings. The van der Waals surface area contributed by atoms with E-state index in [-0.39, 0.29) is 0 Å². The van der Waals surface area contributed by atoms with Crippen molar-refractivity contribution in [1.29, 1.82) is 0 Å². The zero-order valence-corrected chi connectivity index (χ0v) is 13.4. The highest BCUT2D eigenvalue weighted by molar-refractivity contribution is 5.39. The topological polar surface area (TPSA) is 30.5 Å². The average Bonchev–Trinajstić information content (AvgIpc) is 2.41. The summed E-state index contributed by atoms with van der Waals surface area (Å²) >= 11 is 0. The molecule has 0 bridgehead atoms. The predicted octanol–water partition coefficient (Wildman–Crippen LogP) is 3.51. The van der Waals surface area contributed by atoms with Gasteiger partial charge >= 0.3 is 0 Å². The molecule has 114 valence electrons. The summed E-state index contributed by atoms with van der Waals surface area (Å²) < 4.78 is 11.2. The molecule has 3 heteroatoms. The number of nitrogens with one attached hydrogen (secondary N) is 1. The van der Waals surface area contributed by atoms with Gasteiger partial charge in [0.2, 0.25) is 0 Å². The first-order valence-corrected chi connectivity index (χ1v) is 7.67. The van der Waals surface area contributed by atoms with Crippen LogP contribution in [0, 0.1) is 6.92 Å². The van der Waals surface area contributed by atoms with Gasteiger partial charge in [0.15, 0.2) is 0 Å². The lowest BCUT2D eigenvalue weighted by atomic mass is 10.0. The number of aryl methyl sites for hydroxylation is 1. The lowest BCUT2D eigenvalue weighted by Crippen LogP contribution is -2.23. The maximum Gasteiger partial charge on any atom is 0.123 e. The fourth-order valence-corrected chi connectivity index (χ4v) is 2.05. The summed E-state index contributed by atoms with van der Waals surface area (Å²) in [6.07, 6.45) is 1.05. The molecular weight excluding hydrogens is 250 g/mol. The minimum absolute atomic E-state index is 0.491. The summed E-state index contributed by atoms with van der Waals surface area (Å²) in [5.41, 5.74) is 2.53. The van der Waals surface area contributed by atoms with Crippen LogP contribution in [0.15, 0.2) is 18.2 Å². The van der Waals surface area contributed by atoms with Crippen LogP contribution in [0.1, 0.15) is 44.2 Å². The fraction of sp³-hybridized carbons (Fsp3) is 0.647. The molecule has 0 aliphatic carbocycles. The number of rotatable bonds is 10. The van der Waals surface area contributed by atoms with E-state index in [1.807, 2.05) is 6.92 Å². The third-order valence-corrected chi connectivity index (χ3v) is 3.17. The number of hydrogen-bond acceptors (Lipinski definition) is 3. The highest BCUT2D eigenvalue weighted by Crippen LogP contribution is 2.27. The normalized spacial score (nSPS) is 11.1. The molecule has 0 aromatic heterocycles. The van der Waals surface area contributed by atoms with Crippen LogP contribution in [0.4, 0.5) is 0 Å². The van der Waals surface area contributed by atoms with Crippen LogP contribution in [0.3, 0.4) is 0 Å². The minimum atomic E-state index is 0.491. The van der Waals surface area contributed by atoms with Crippen LogP contribution >= 0.6 is 0 Å². The summed E-state index contributed by atoms with van der Waals surface area (Å²) in [7, 11) is 0. The standard InChI is InChI=1S/C17H29NO2/c1-5-19-11-6-9-18-10-12-20-17-13-15(4)7-8-16(17)14(2)3/h7-8,13-14,18H,5-6,9-12H2,1-4H3. The van der Waals surface area contributed by atoms with E-state index in [9.17, 15) is 0 Å². The van der Waals surface area contributed by atoms with Gasteiger partial charge in [-0.2, -0.15) is 0 Å². The average molecular weight is 279 g/mol. The van der Waals surface area contributed by atoms with Crippen molar-refractivity contribution < 1.29 is 9.47 Å². The third kappa shape index (κ3) is 6.40. The molecular formula is C17H29NO2. The molecule has 0 aliphatic rings. The molecule has 3 nitrogen and oxygen atoms in total. The van der Waals surface area contributed by atoms with Gasteiger partial charge in [0.05, 0.1) is 0 Å². The summed E-state index contributed by atoms with van der Waals surface area (Å²) in [6.45, 7) is 12.7. The Morgan fingerprint density at radius 1 is 1.15 bits per heavy atom. The van der Waals surface area contributed by atoms with E-state index < -0.39 is 0 Å². The molecule has 1 rings (SSSR count). The van der Waals surface area contributed by atoms with Crippen LogP contribution in [0.2, 0.25) is 0 Å². The van der Waals surface area contributed by atoms with E-state index >= 15 is 0 Å². The van der Waals surface area contributed by atoms with E-state index in [1.54, 1.807) is 0 Å². The molecule has 0 heterocycles. The summed E-state index contributed by atoms with van der Waals surface area (Å²) in [4.78, 5) is 0. The Balaban J connectivity index is 2.26. The Bertz CT molecular complexity index is 377. The van der Waals surface area contributed by atoms with Gasteiger partial charge in [-0.3, -0.25) is 0 Å². The summed E-state index contributed by atoms with van der Waals surface area (Å²) in [6, 6.07) is 6.45. The van der Waals surface area contributed by atoms with Gasteiger partial charge < -0.3 is 14.8 Å². The first-order valence-electron chi connectivity index (χ1n) is 7.67. The Morgan fingerprint density at radius 2 is 1.95 bits per heavy atom. The Kier molecular flexibility index (Phi) is 8.31. The second-order valence-electron chi connectivity index (χ2n) is 5.34. The summed E-state index contributed by atoms with van der Waals surface area (Å²) in [5.74, 6) is 1.51. The number of hydrogen-bond donors (Lipinski definition) is 1. The molecule has 0 aliphatic heterocycles. The van der Waals surface area contributed by atoms with Crippen LogP contribution in [-0.4, -0.2) is 32.9 Å². The second kappa shape index (κ2) is 9.78. The molecule has 0 radical (unpaired) electrons. The van der Waals surface area contributed by atoms with Gasteiger partial charge in [0.25, 0.3) is 0 Å². The van der Waals surface area contributed by atoms with Crippen LogP contribution in [0.25, 0.3) is 0 Å². The largest absolute Gasteiger partial charge is 0.492 e. The Hall–Kier alpha value is -1.06. The number of ether oxygens (including phenoxy) is 2. The van der Waals surface area contributed by atoms with E-state index in [0.717, 1.165) is 38.5 Å². The highest BCUT2D eigenvalue weighted by Gasteiger charge is 2.07. The van der Waals surface area contributed by atoms with Gasteiger partial charge in [0, 0.05) is 19.8 Å². The van der Waals surface area contributed by atoms with Crippen molar-refractivity contribution in [3.8, 4) is 5.75 Å². The third-order valence-electron chi connectivity index (χ3n) is 3.17. The lowest BCUT2D eigenvalue weighted by Gasteiger charge is -2.15. The van der Waals surface area contributed by atoms with E-state index in [2.05, 4.69) is 44.3 Å². The molecule has 0 saturated carbocycles. The van der Waals surface area contributed by atoms with Crippen molar-refractivity contribution in [3.05, 3.63) is 29.3 Å². The van der Waals surface area contributed by atoms with E-state index in [1.165, 1.54) is 11.1 Å². The van der Waals surface area contributed by atoms with Crippen LogP contribution < -0.4 is 10.1 Å². The molecule has 1 aromatic carbocycles. The zero-order chi connectivity index (χ0) is 14.8. The molecule has 0 amide bonds. The first-order chi connectivity index (χ1) is 9.65. The first kappa shape index (κ1) is 17.0. The van der Waals surface area contributed by atoms with E-state index in [4.69, 9.17) is 9.47 Å². The van der Waals surface area contributed by atoms with Crippen molar-refractivity contribution >= 4 is 0 Å². The lowest BCUT2D eigenvalue weighted by molar-refractivity contribution is 0.144. The minimum Gasteiger partial charge on any atom is -0.492 e.